The molecule has 7 heteroatoms. The molecular formula is C26H29N3O3S. The van der Waals surface area contributed by atoms with Crippen LogP contribution in [-0.2, 0) is 10.0 Å². The van der Waals surface area contributed by atoms with E-state index in [4.69, 9.17) is 0 Å². The first-order chi connectivity index (χ1) is 15.8. The lowest BCUT2D eigenvalue weighted by Gasteiger charge is -2.24. The standard InChI is InChI=1S/C26H29N3O3S/c1-20(2)25(28-23-11-7-4-8-12-23)19-27-26(30)22-13-15-24(16-14-22)29-33(31,32)18-17-21-9-5-3-6-10-21/h3-18,20,25,28-29H,19H2,1-2H3,(H,27,30)/b18-17-/t25-/m1/s1. The SMILES string of the molecule is CC(C)[C@@H](CNC(=O)c1ccc(NS(=O)(=O)/C=C\c2ccccc2)cc1)Nc1ccccc1. The average Bonchev–Trinajstić information content (AvgIpc) is 2.82. The van der Waals surface area contributed by atoms with Crippen LogP contribution in [0.4, 0.5) is 11.4 Å². The number of para-hydroxylation sites is 1. The summed E-state index contributed by atoms with van der Waals surface area (Å²) in [5.74, 6) is 0.0973. The maximum absolute atomic E-state index is 12.6. The molecule has 0 spiro atoms. The van der Waals surface area contributed by atoms with Crippen molar-refractivity contribution in [3.63, 3.8) is 0 Å². The molecule has 0 aliphatic carbocycles. The molecule has 33 heavy (non-hydrogen) atoms. The Bertz CT molecular complexity index is 1160. The van der Waals surface area contributed by atoms with Crippen molar-refractivity contribution in [2.45, 2.75) is 19.9 Å². The highest BCUT2D eigenvalue weighted by Crippen LogP contribution is 2.14. The first kappa shape index (κ1) is 24.1. The fourth-order valence-corrected chi connectivity index (χ4v) is 4.00. The van der Waals surface area contributed by atoms with Gasteiger partial charge in [0.05, 0.1) is 5.41 Å². The lowest BCUT2D eigenvalue weighted by Crippen LogP contribution is -2.39. The van der Waals surface area contributed by atoms with Gasteiger partial charge in [0.1, 0.15) is 0 Å². The van der Waals surface area contributed by atoms with E-state index in [0.717, 1.165) is 16.7 Å². The Labute approximate surface area is 195 Å². The van der Waals surface area contributed by atoms with Crippen LogP contribution in [0.1, 0.15) is 29.8 Å². The van der Waals surface area contributed by atoms with Crippen LogP contribution >= 0.6 is 0 Å². The van der Waals surface area contributed by atoms with Crippen molar-refractivity contribution in [1.29, 1.82) is 0 Å². The molecule has 0 aliphatic heterocycles. The van der Waals surface area contributed by atoms with Gasteiger partial charge in [-0.05, 0) is 54.0 Å². The summed E-state index contributed by atoms with van der Waals surface area (Å²) in [5, 5.41) is 7.52. The number of hydrogen-bond donors (Lipinski definition) is 3. The number of rotatable bonds is 10. The van der Waals surface area contributed by atoms with Gasteiger partial charge in [0, 0.05) is 29.5 Å². The monoisotopic (exact) mass is 463 g/mol. The molecule has 1 atom stereocenters. The summed E-state index contributed by atoms with van der Waals surface area (Å²) in [7, 11) is -3.67. The van der Waals surface area contributed by atoms with Crippen molar-refractivity contribution in [2.75, 3.05) is 16.6 Å². The third kappa shape index (κ3) is 7.80. The molecule has 0 unspecified atom stereocenters. The molecule has 0 radical (unpaired) electrons. The summed E-state index contributed by atoms with van der Waals surface area (Å²) in [6, 6.07) is 25.5. The van der Waals surface area contributed by atoms with Crippen LogP contribution in [0, 0.1) is 5.92 Å². The van der Waals surface area contributed by atoms with Crippen LogP contribution in [0.25, 0.3) is 6.08 Å². The van der Waals surface area contributed by atoms with Crippen molar-refractivity contribution >= 4 is 33.4 Å². The van der Waals surface area contributed by atoms with Gasteiger partial charge in [-0.3, -0.25) is 9.52 Å². The number of carbonyl (C=O) groups is 1. The van der Waals surface area contributed by atoms with E-state index in [1.165, 1.54) is 6.08 Å². The highest BCUT2D eigenvalue weighted by Gasteiger charge is 2.15. The summed E-state index contributed by atoms with van der Waals surface area (Å²) >= 11 is 0. The molecule has 0 saturated carbocycles. The van der Waals surface area contributed by atoms with Crippen LogP contribution in [0.2, 0.25) is 0 Å². The number of carbonyl (C=O) groups excluding carboxylic acids is 1. The van der Waals surface area contributed by atoms with Gasteiger partial charge in [-0.1, -0.05) is 62.4 Å². The van der Waals surface area contributed by atoms with Gasteiger partial charge < -0.3 is 10.6 Å². The second-order valence-electron chi connectivity index (χ2n) is 8.01. The summed E-state index contributed by atoms with van der Waals surface area (Å²) < 4.78 is 27.1. The fraction of sp³-hybridized carbons (Fsp3) is 0.192. The molecule has 0 saturated heterocycles. The second kappa shape index (κ2) is 11.3. The number of anilines is 2. The van der Waals surface area contributed by atoms with Crippen LogP contribution < -0.4 is 15.4 Å². The predicted molar refractivity (Wildman–Crippen MR) is 135 cm³/mol. The Balaban J connectivity index is 1.56. The molecule has 6 nitrogen and oxygen atoms in total. The van der Waals surface area contributed by atoms with Gasteiger partial charge in [0.2, 0.25) is 0 Å². The number of sulfonamides is 1. The van der Waals surface area contributed by atoms with E-state index in [1.807, 2.05) is 60.7 Å². The van der Waals surface area contributed by atoms with Crippen molar-refractivity contribution in [3.05, 3.63) is 101 Å². The molecule has 3 N–H and O–H groups in total. The van der Waals surface area contributed by atoms with E-state index in [0.29, 0.717) is 23.7 Å². The first-order valence-corrected chi connectivity index (χ1v) is 12.3. The third-order valence-electron chi connectivity index (χ3n) is 5.06. The lowest BCUT2D eigenvalue weighted by atomic mass is 10.0. The van der Waals surface area contributed by atoms with Gasteiger partial charge in [0.25, 0.3) is 15.9 Å². The number of amides is 1. The molecule has 0 bridgehead atoms. The van der Waals surface area contributed by atoms with E-state index < -0.39 is 10.0 Å². The largest absolute Gasteiger partial charge is 0.380 e. The van der Waals surface area contributed by atoms with Crippen LogP contribution in [0.3, 0.4) is 0 Å². The van der Waals surface area contributed by atoms with Crippen molar-refractivity contribution in [3.8, 4) is 0 Å². The number of nitrogens with one attached hydrogen (secondary N) is 3. The minimum absolute atomic E-state index is 0.0684. The van der Waals surface area contributed by atoms with Gasteiger partial charge in [0.15, 0.2) is 0 Å². The van der Waals surface area contributed by atoms with Crippen LogP contribution in [0.5, 0.6) is 0 Å². The maximum Gasteiger partial charge on any atom is 0.255 e. The van der Waals surface area contributed by atoms with Crippen LogP contribution in [0.15, 0.2) is 90.3 Å². The fourth-order valence-electron chi connectivity index (χ4n) is 3.13. The summed E-state index contributed by atoms with van der Waals surface area (Å²) in [5.41, 5.74) is 2.63. The molecule has 3 aromatic carbocycles. The average molecular weight is 464 g/mol. The second-order valence-corrected chi connectivity index (χ2v) is 9.58. The zero-order chi connectivity index (χ0) is 23.7. The number of benzene rings is 3. The van der Waals surface area contributed by atoms with Crippen molar-refractivity contribution < 1.29 is 13.2 Å². The molecule has 3 aromatic rings. The van der Waals surface area contributed by atoms with Gasteiger partial charge >= 0.3 is 0 Å². The molecule has 0 heterocycles. The predicted octanol–water partition coefficient (Wildman–Crippen LogP) is 4.97. The van der Waals surface area contributed by atoms with Gasteiger partial charge in [-0.15, -0.1) is 0 Å². The summed E-state index contributed by atoms with van der Waals surface area (Å²) in [6.45, 7) is 4.66. The lowest BCUT2D eigenvalue weighted by molar-refractivity contribution is 0.0950. The molecule has 0 aromatic heterocycles. The van der Waals surface area contributed by atoms with Crippen molar-refractivity contribution in [2.24, 2.45) is 5.92 Å². The topological polar surface area (TPSA) is 87.3 Å². The van der Waals surface area contributed by atoms with E-state index in [2.05, 4.69) is 29.2 Å². The smallest absolute Gasteiger partial charge is 0.255 e. The van der Waals surface area contributed by atoms with Crippen molar-refractivity contribution in [1.82, 2.24) is 5.32 Å². The zero-order valence-electron chi connectivity index (χ0n) is 18.7. The van der Waals surface area contributed by atoms with E-state index in [1.54, 1.807) is 24.3 Å². The minimum Gasteiger partial charge on any atom is -0.380 e. The van der Waals surface area contributed by atoms with Gasteiger partial charge in [-0.2, -0.15) is 0 Å². The Morgan fingerprint density at radius 2 is 1.45 bits per heavy atom. The molecule has 1 amide bonds. The molecular weight excluding hydrogens is 434 g/mol. The molecule has 0 aliphatic rings. The molecule has 3 rings (SSSR count). The number of hydrogen-bond acceptors (Lipinski definition) is 4. The Hall–Kier alpha value is -3.58. The summed E-state index contributed by atoms with van der Waals surface area (Å²) in [6.07, 6.45) is 1.53. The zero-order valence-corrected chi connectivity index (χ0v) is 19.5. The Morgan fingerprint density at radius 1 is 0.848 bits per heavy atom. The molecule has 172 valence electrons. The normalized spacial score (nSPS) is 12.5. The molecule has 0 fully saturated rings. The van der Waals surface area contributed by atoms with E-state index >= 15 is 0 Å². The Kier molecular flexibility index (Phi) is 8.27. The van der Waals surface area contributed by atoms with E-state index in [9.17, 15) is 13.2 Å². The summed E-state index contributed by atoms with van der Waals surface area (Å²) in [4.78, 5) is 12.6. The highest BCUT2D eigenvalue weighted by atomic mass is 32.2. The minimum atomic E-state index is -3.67. The van der Waals surface area contributed by atoms with Gasteiger partial charge in [-0.25, -0.2) is 8.42 Å². The first-order valence-electron chi connectivity index (χ1n) is 10.8. The Morgan fingerprint density at radius 3 is 2.06 bits per heavy atom. The third-order valence-corrected chi connectivity index (χ3v) is 6.07. The maximum atomic E-state index is 12.6. The van der Waals surface area contributed by atoms with Crippen LogP contribution in [-0.4, -0.2) is 26.9 Å². The van der Waals surface area contributed by atoms with E-state index in [-0.39, 0.29) is 11.9 Å². The quantitative estimate of drug-likeness (QED) is 0.396. The highest BCUT2D eigenvalue weighted by molar-refractivity contribution is 7.95.